The highest BCUT2D eigenvalue weighted by Gasteiger charge is 2.39. The number of carbonyl (C=O) groups excluding carboxylic acids is 2. The minimum absolute atomic E-state index is 0.120. The molecule has 0 aromatic carbocycles. The van der Waals surface area contributed by atoms with Crippen LogP contribution in [0.3, 0.4) is 0 Å². The summed E-state index contributed by atoms with van der Waals surface area (Å²) in [6.45, 7) is 7.22. The van der Waals surface area contributed by atoms with Crippen LogP contribution in [0.5, 0.6) is 5.75 Å². The number of ether oxygens (including phenoxy) is 4. The second-order valence-electron chi connectivity index (χ2n) is 10.0. The number of rotatable bonds is 4. The zero-order valence-corrected chi connectivity index (χ0v) is 23.4. The Morgan fingerprint density at radius 3 is 2.38 bits per heavy atom. The summed E-state index contributed by atoms with van der Waals surface area (Å²) in [7, 11) is 4.43. The van der Waals surface area contributed by atoms with Crippen molar-refractivity contribution in [1.82, 2.24) is 0 Å². The highest BCUT2D eigenvalue weighted by Crippen LogP contribution is 2.56. The molecule has 3 rings (SSSR count). The maximum atomic E-state index is 13.0. The molecule has 0 saturated heterocycles. The van der Waals surface area contributed by atoms with E-state index >= 15 is 0 Å². The third kappa shape index (κ3) is 6.58. The van der Waals surface area contributed by atoms with Crippen molar-refractivity contribution >= 4 is 17.7 Å². The van der Waals surface area contributed by atoms with Crippen molar-refractivity contribution in [1.29, 1.82) is 0 Å². The fourth-order valence-corrected chi connectivity index (χ4v) is 5.15. The van der Waals surface area contributed by atoms with Gasteiger partial charge in [0.25, 0.3) is 5.91 Å². The lowest BCUT2D eigenvalue weighted by molar-refractivity contribution is -0.112. The third-order valence-electron chi connectivity index (χ3n) is 7.27. The normalized spacial score (nSPS) is 30.8. The van der Waals surface area contributed by atoms with Crippen molar-refractivity contribution in [2.45, 2.75) is 64.4 Å². The molecule has 5 unspecified atom stereocenters. The smallest absolute Gasteiger partial charge is 0.405 e. The van der Waals surface area contributed by atoms with Gasteiger partial charge in [0.15, 0.2) is 11.9 Å². The lowest BCUT2D eigenvalue weighted by atomic mass is 9.89. The summed E-state index contributed by atoms with van der Waals surface area (Å²) in [5.41, 5.74) is 8.77. The molecule has 3 aliphatic rings. The van der Waals surface area contributed by atoms with Crippen LogP contribution in [-0.2, 0) is 19.0 Å². The monoisotopic (exact) mass is 542 g/mol. The largest absolute Gasteiger partial charge is 0.492 e. The molecule has 0 saturated carbocycles. The van der Waals surface area contributed by atoms with E-state index in [9.17, 15) is 19.5 Å². The van der Waals surface area contributed by atoms with Gasteiger partial charge in [-0.25, -0.2) is 4.79 Å². The van der Waals surface area contributed by atoms with Gasteiger partial charge in [-0.1, -0.05) is 38.2 Å². The van der Waals surface area contributed by atoms with E-state index in [1.54, 1.807) is 38.2 Å². The molecule has 0 fully saturated rings. The van der Waals surface area contributed by atoms with Crippen molar-refractivity contribution < 1.29 is 33.6 Å². The molecule has 4 N–H and O–H groups in total. The predicted octanol–water partition coefficient (Wildman–Crippen LogP) is 3.42. The molecule has 0 aromatic heterocycles. The highest BCUT2D eigenvalue weighted by molar-refractivity contribution is 6.10. The summed E-state index contributed by atoms with van der Waals surface area (Å²) in [6, 6.07) is 1.36. The Labute approximate surface area is 228 Å². The second-order valence-corrected chi connectivity index (χ2v) is 10.0. The van der Waals surface area contributed by atoms with Crippen molar-refractivity contribution in [3.05, 3.63) is 57.3 Å². The Morgan fingerprint density at radius 1 is 1.10 bits per heavy atom. The first-order valence-corrected chi connectivity index (χ1v) is 12.8. The maximum absolute atomic E-state index is 13.0. The van der Waals surface area contributed by atoms with Gasteiger partial charge in [-0.15, -0.1) is 0 Å². The van der Waals surface area contributed by atoms with Gasteiger partial charge >= 0.3 is 6.09 Å². The van der Waals surface area contributed by atoms with Crippen LogP contribution in [-0.4, -0.2) is 62.9 Å². The molecule has 0 radical (unpaired) electrons. The standard InChI is InChI=1S/C29H38N2O8/c1-14-9-8-10-20(36-5)26(39-29(30)35)17(4)11-16(3)25(33)21(37-6)12-15(2)22-23-18(31-28(14)34)13-19(32)27(38-7)24(22)23/h8-11,13,15-16,20-21,25-26,33H,12H2,1-7H3,(H2,30,35)(H,31,34)/b10-8+,14-9+,17-11+/t15?,16?,20-,21?,25?,26?/m0/s1. The molecule has 1 heterocycles. The van der Waals surface area contributed by atoms with Gasteiger partial charge in [-0.05, 0) is 37.3 Å². The molecule has 6 atom stereocenters. The van der Waals surface area contributed by atoms with E-state index < -0.39 is 30.5 Å². The number of aliphatic hydroxyl groups excluding tert-OH is 1. The summed E-state index contributed by atoms with van der Waals surface area (Å²) >= 11 is 0. The quantitative estimate of drug-likeness (QED) is 0.498. The van der Waals surface area contributed by atoms with Gasteiger partial charge in [-0.3, -0.25) is 9.59 Å². The van der Waals surface area contributed by atoms with E-state index in [1.807, 2.05) is 13.8 Å². The van der Waals surface area contributed by atoms with Crippen LogP contribution in [0.15, 0.2) is 46.3 Å². The number of methoxy groups -OCH3 is 3. The lowest BCUT2D eigenvalue weighted by Gasteiger charge is -2.29. The number of anilines is 1. The van der Waals surface area contributed by atoms with Crippen LogP contribution in [0.25, 0.3) is 11.1 Å². The summed E-state index contributed by atoms with van der Waals surface area (Å²) in [5.74, 6) is -0.655. The topological polar surface area (TPSA) is 146 Å². The number of primary amides is 1. The zero-order chi connectivity index (χ0) is 29.0. The molecule has 1 aliphatic heterocycles. The van der Waals surface area contributed by atoms with E-state index in [0.717, 1.165) is 11.1 Å². The number of amides is 2. The molecule has 0 bridgehead atoms. The Morgan fingerprint density at radius 2 is 1.79 bits per heavy atom. The summed E-state index contributed by atoms with van der Waals surface area (Å²) < 4.78 is 22.0. The van der Waals surface area contributed by atoms with Crippen molar-refractivity contribution in [3.8, 4) is 16.9 Å². The highest BCUT2D eigenvalue weighted by atomic mass is 16.6. The Kier molecular flexibility index (Phi) is 9.71. The van der Waals surface area contributed by atoms with Gasteiger partial charge in [0.1, 0.15) is 6.10 Å². The molecule has 2 amide bonds. The average molecular weight is 543 g/mol. The lowest BCUT2D eigenvalue weighted by Crippen LogP contribution is -2.37. The predicted molar refractivity (Wildman–Crippen MR) is 148 cm³/mol. The molecule has 10 nitrogen and oxygen atoms in total. The average Bonchev–Trinajstić information content (AvgIpc) is 3.63. The van der Waals surface area contributed by atoms with Crippen LogP contribution in [0.4, 0.5) is 10.5 Å². The maximum Gasteiger partial charge on any atom is 0.405 e. The van der Waals surface area contributed by atoms with E-state index in [0.29, 0.717) is 28.8 Å². The second kappa shape index (κ2) is 12.6. The van der Waals surface area contributed by atoms with Crippen molar-refractivity contribution in [2.75, 3.05) is 26.6 Å². The van der Waals surface area contributed by atoms with Crippen molar-refractivity contribution in [3.63, 3.8) is 0 Å². The van der Waals surface area contributed by atoms with Crippen LogP contribution in [0.2, 0.25) is 0 Å². The summed E-state index contributed by atoms with van der Waals surface area (Å²) in [5, 5.41) is 14.1. The first-order chi connectivity index (χ1) is 18.4. The first kappa shape index (κ1) is 30.1. The number of nitrogens with one attached hydrogen (secondary N) is 1. The fraction of sp³-hybridized carbons (Fsp3) is 0.483. The van der Waals surface area contributed by atoms with Gasteiger partial charge in [0.05, 0.1) is 25.0 Å². The number of hydrogen-bond acceptors (Lipinski definition) is 8. The molecule has 0 aromatic rings. The SMILES string of the molecule is COc1c2c3c-2c(cc1=O)NC(=O)/C(C)=C/C=C/[C@H](OC)C(OC(N)=O)/C(C)=C/C(C)C(O)C(OC)CC3C. The Hall–Kier alpha value is -3.47. The van der Waals surface area contributed by atoms with Gasteiger partial charge < -0.3 is 35.1 Å². The van der Waals surface area contributed by atoms with Crippen LogP contribution >= 0.6 is 0 Å². The molecule has 0 spiro atoms. The number of nitrogens with two attached hydrogens (primary N) is 1. The molecule has 39 heavy (non-hydrogen) atoms. The first-order valence-electron chi connectivity index (χ1n) is 12.8. The number of fused-ring (bicyclic) bond motifs is 1. The number of hydrogen-bond donors (Lipinski definition) is 3. The number of allylic oxidation sites excluding steroid dienone is 2. The Bertz CT molecular complexity index is 1270. The van der Waals surface area contributed by atoms with Crippen LogP contribution < -0.4 is 21.2 Å². The van der Waals surface area contributed by atoms with Crippen LogP contribution in [0.1, 0.15) is 45.6 Å². The minimum Gasteiger partial charge on any atom is -0.492 e. The number of benzene rings is 1. The minimum atomic E-state index is -0.972. The molecule has 10 heteroatoms. The van der Waals surface area contributed by atoms with E-state index in [1.165, 1.54) is 27.4 Å². The van der Waals surface area contributed by atoms with E-state index in [2.05, 4.69) is 5.32 Å². The molecular weight excluding hydrogens is 504 g/mol. The third-order valence-corrected chi connectivity index (χ3v) is 7.27. The summed E-state index contributed by atoms with van der Waals surface area (Å²) in [6.07, 6.45) is 3.07. The molecular formula is C29H38N2O8. The van der Waals surface area contributed by atoms with Gasteiger partial charge in [0.2, 0.25) is 5.43 Å². The van der Waals surface area contributed by atoms with E-state index in [4.69, 9.17) is 24.7 Å². The molecule has 212 valence electrons. The Balaban J connectivity index is 2.12. The van der Waals surface area contributed by atoms with E-state index in [-0.39, 0.29) is 28.9 Å². The van der Waals surface area contributed by atoms with Crippen molar-refractivity contribution in [2.24, 2.45) is 11.7 Å². The zero-order valence-electron chi connectivity index (χ0n) is 23.4. The number of carbonyl (C=O) groups is 2. The molecule has 2 aliphatic carbocycles. The van der Waals surface area contributed by atoms with Crippen LogP contribution in [0, 0.1) is 5.92 Å². The number of aliphatic hydroxyl groups is 1. The fourth-order valence-electron chi connectivity index (χ4n) is 5.15. The van der Waals surface area contributed by atoms with Gasteiger partial charge in [0, 0.05) is 42.9 Å². The summed E-state index contributed by atoms with van der Waals surface area (Å²) in [4.78, 5) is 37.4. The van der Waals surface area contributed by atoms with Gasteiger partial charge in [-0.2, -0.15) is 0 Å².